The molecule has 0 aromatic carbocycles. The molecule has 0 unspecified atom stereocenters. The van der Waals surface area contributed by atoms with E-state index in [1.165, 1.54) is 0 Å². The average molecular weight is 176 g/mol. The van der Waals surface area contributed by atoms with E-state index in [1.807, 2.05) is 0 Å². The molecule has 0 rings (SSSR count). The third kappa shape index (κ3) is 9.76. The Hall–Kier alpha value is -0.240. The smallest absolute Gasteiger partial charge is 0.00899 e. The number of unbranched alkanes of at least 4 members (excludes halogenated alkanes) is 3. The standard InChI is InChI=1S/C6H16N4O2/c11-9-7-5-3-1-2-4-6-8-10-12/h7-10H,1-6H2/q-2. The largest absolute Gasteiger partial charge is 0.774 e. The zero-order valence-corrected chi connectivity index (χ0v) is 7.06. The minimum Gasteiger partial charge on any atom is -0.774 e. The Morgan fingerprint density at radius 1 is 0.667 bits per heavy atom. The lowest BCUT2D eigenvalue weighted by Crippen LogP contribution is -2.27. The van der Waals surface area contributed by atoms with E-state index in [0.29, 0.717) is 13.1 Å². The first-order valence-electron chi connectivity index (χ1n) is 4.12. The highest BCUT2D eigenvalue weighted by Crippen LogP contribution is 1.96. The zero-order chi connectivity index (χ0) is 9.07. The van der Waals surface area contributed by atoms with E-state index in [-0.39, 0.29) is 0 Å². The molecule has 0 fully saturated rings. The van der Waals surface area contributed by atoms with Gasteiger partial charge < -0.3 is 21.6 Å². The minimum atomic E-state index is 0.691. The van der Waals surface area contributed by atoms with Gasteiger partial charge in [0, 0.05) is 13.1 Å². The minimum absolute atomic E-state index is 0.691. The summed E-state index contributed by atoms with van der Waals surface area (Å²) in [6, 6.07) is 0. The van der Waals surface area contributed by atoms with Crippen molar-refractivity contribution in [1.29, 1.82) is 0 Å². The third-order valence-corrected chi connectivity index (χ3v) is 1.50. The van der Waals surface area contributed by atoms with Crippen LogP contribution in [-0.4, -0.2) is 13.1 Å². The monoisotopic (exact) mass is 176 g/mol. The van der Waals surface area contributed by atoms with E-state index in [2.05, 4.69) is 10.9 Å². The van der Waals surface area contributed by atoms with E-state index in [1.54, 1.807) is 11.2 Å². The fourth-order valence-electron chi connectivity index (χ4n) is 0.882. The van der Waals surface area contributed by atoms with Gasteiger partial charge in [-0.2, -0.15) is 0 Å². The van der Waals surface area contributed by atoms with Crippen molar-refractivity contribution in [2.45, 2.75) is 25.7 Å². The molecule has 0 amide bonds. The van der Waals surface area contributed by atoms with Gasteiger partial charge in [0.1, 0.15) is 0 Å². The van der Waals surface area contributed by atoms with Crippen LogP contribution >= 0.6 is 0 Å². The van der Waals surface area contributed by atoms with Crippen molar-refractivity contribution < 1.29 is 0 Å². The summed E-state index contributed by atoms with van der Waals surface area (Å²) in [4.78, 5) is 0. The fourth-order valence-corrected chi connectivity index (χ4v) is 0.882. The van der Waals surface area contributed by atoms with Crippen LogP contribution in [0.1, 0.15) is 25.7 Å². The van der Waals surface area contributed by atoms with Crippen LogP contribution in [0.2, 0.25) is 0 Å². The van der Waals surface area contributed by atoms with Crippen molar-refractivity contribution in [3.63, 3.8) is 0 Å². The predicted octanol–water partition coefficient (Wildman–Crippen LogP) is -0.269. The topological polar surface area (TPSA) is 94.2 Å². The summed E-state index contributed by atoms with van der Waals surface area (Å²) >= 11 is 0. The maximum Gasteiger partial charge on any atom is 0.00899 e. The summed E-state index contributed by atoms with van der Waals surface area (Å²) in [6.07, 6.45) is 4.07. The van der Waals surface area contributed by atoms with Crippen LogP contribution in [0.25, 0.3) is 0 Å². The Bertz CT molecular complexity index is 73.9. The summed E-state index contributed by atoms with van der Waals surface area (Å²) < 4.78 is 0. The second kappa shape index (κ2) is 10.8. The number of rotatable bonds is 9. The molecule has 74 valence electrons. The molecule has 0 saturated heterocycles. The molecular weight excluding hydrogens is 160 g/mol. The molecule has 12 heavy (non-hydrogen) atoms. The number of hydrogen-bond acceptors (Lipinski definition) is 6. The molecule has 0 aliphatic rings. The summed E-state index contributed by atoms with van der Waals surface area (Å²) in [5.41, 5.74) is 8.16. The molecule has 6 heteroatoms. The Morgan fingerprint density at radius 2 is 1.08 bits per heavy atom. The molecule has 0 aliphatic heterocycles. The van der Waals surface area contributed by atoms with Gasteiger partial charge in [-0.3, -0.25) is 10.9 Å². The number of hydrazine groups is 2. The molecule has 0 atom stereocenters. The average Bonchev–Trinajstić information content (AvgIpc) is 2.10. The lowest BCUT2D eigenvalue weighted by atomic mass is 10.2. The van der Waals surface area contributed by atoms with Crippen molar-refractivity contribution >= 4 is 0 Å². The maximum absolute atomic E-state index is 9.69. The molecule has 6 nitrogen and oxygen atoms in total. The van der Waals surface area contributed by atoms with Crippen molar-refractivity contribution in [2.75, 3.05) is 13.1 Å². The second-order valence-corrected chi connectivity index (χ2v) is 2.47. The van der Waals surface area contributed by atoms with E-state index in [9.17, 15) is 10.4 Å². The summed E-state index contributed by atoms with van der Waals surface area (Å²) in [7, 11) is 0. The molecule has 0 radical (unpaired) electrons. The van der Waals surface area contributed by atoms with E-state index < -0.39 is 0 Å². The Labute approximate surface area is 72.2 Å². The maximum atomic E-state index is 9.69. The van der Waals surface area contributed by atoms with Crippen molar-refractivity contribution in [1.82, 2.24) is 22.0 Å². The molecule has 0 bridgehead atoms. The predicted molar refractivity (Wildman–Crippen MR) is 47.5 cm³/mol. The quantitative estimate of drug-likeness (QED) is 0.285. The highest BCUT2D eigenvalue weighted by molar-refractivity contribution is 4.47. The first-order chi connectivity index (χ1) is 5.91. The van der Waals surface area contributed by atoms with Gasteiger partial charge in [-0.25, -0.2) is 0 Å². The van der Waals surface area contributed by atoms with Gasteiger partial charge in [0.2, 0.25) is 0 Å². The number of hydrogen-bond donors (Lipinski definition) is 4. The second-order valence-electron chi connectivity index (χ2n) is 2.47. The van der Waals surface area contributed by atoms with Crippen LogP contribution < -0.4 is 22.0 Å². The van der Waals surface area contributed by atoms with Gasteiger partial charge in [0.05, 0.1) is 0 Å². The highest BCUT2D eigenvalue weighted by Gasteiger charge is 1.87. The van der Waals surface area contributed by atoms with Crippen LogP contribution in [0.3, 0.4) is 0 Å². The van der Waals surface area contributed by atoms with Crippen LogP contribution in [0.15, 0.2) is 0 Å². The first kappa shape index (κ1) is 11.8. The van der Waals surface area contributed by atoms with Crippen molar-refractivity contribution in [2.24, 2.45) is 0 Å². The lowest BCUT2D eigenvalue weighted by Gasteiger charge is -2.10. The Morgan fingerprint density at radius 3 is 1.42 bits per heavy atom. The molecule has 0 aliphatic carbocycles. The summed E-state index contributed by atoms with van der Waals surface area (Å²) in [5.74, 6) is 0. The molecular formula is C6H16N4O2-2. The lowest BCUT2D eigenvalue weighted by molar-refractivity contribution is 0.533. The van der Waals surface area contributed by atoms with Crippen LogP contribution in [0, 0.1) is 10.4 Å². The molecule has 0 saturated carbocycles. The normalized spacial score (nSPS) is 10.5. The number of nitrogens with one attached hydrogen (secondary N) is 4. The molecule has 0 heterocycles. The van der Waals surface area contributed by atoms with E-state index in [4.69, 9.17) is 0 Å². The van der Waals surface area contributed by atoms with E-state index in [0.717, 1.165) is 25.7 Å². The first-order valence-corrected chi connectivity index (χ1v) is 4.12. The van der Waals surface area contributed by atoms with Gasteiger partial charge in [-0.15, -0.1) is 0 Å². The fraction of sp³-hybridized carbons (Fsp3) is 1.00. The molecule has 0 aromatic rings. The summed E-state index contributed by atoms with van der Waals surface area (Å²) in [5, 5.41) is 19.4. The van der Waals surface area contributed by atoms with Crippen molar-refractivity contribution in [3.8, 4) is 0 Å². The Balaban J connectivity index is 2.73. The van der Waals surface area contributed by atoms with Gasteiger partial charge in [0.15, 0.2) is 0 Å². The molecule has 0 aromatic heterocycles. The van der Waals surface area contributed by atoms with E-state index >= 15 is 0 Å². The molecule has 0 spiro atoms. The Kier molecular flexibility index (Phi) is 10.5. The zero-order valence-electron chi connectivity index (χ0n) is 7.06. The van der Waals surface area contributed by atoms with Gasteiger partial charge in [-0.1, -0.05) is 12.8 Å². The molecule has 4 N–H and O–H groups in total. The van der Waals surface area contributed by atoms with Crippen molar-refractivity contribution in [3.05, 3.63) is 10.4 Å². The SMILES string of the molecule is [O-]NNCCCCCCNN[O-]. The van der Waals surface area contributed by atoms with Gasteiger partial charge in [0.25, 0.3) is 0 Å². The summed E-state index contributed by atoms with van der Waals surface area (Å²) in [6.45, 7) is 1.38. The highest BCUT2D eigenvalue weighted by atomic mass is 16.5. The van der Waals surface area contributed by atoms with Crippen LogP contribution in [0.5, 0.6) is 0 Å². The van der Waals surface area contributed by atoms with Crippen LogP contribution in [0.4, 0.5) is 0 Å². The van der Waals surface area contributed by atoms with Gasteiger partial charge in [-0.05, 0) is 12.8 Å². The van der Waals surface area contributed by atoms with Gasteiger partial charge >= 0.3 is 0 Å². The third-order valence-electron chi connectivity index (χ3n) is 1.50. The van der Waals surface area contributed by atoms with Crippen LogP contribution in [-0.2, 0) is 0 Å².